The molecule has 1 heterocycles. The van der Waals surface area contributed by atoms with Crippen molar-refractivity contribution in [3.63, 3.8) is 0 Å². The first kappa shape index (κ1) is 20.7. The summed E-state index contributed by atoms with van der Waals surface area (Å²) in [5.41, 5.74) is 3.41. The minimum atomic E-state index is -0.348. The number of non-ortho nitro benzene ring substituents is 1. The molecule has 0 N–H and O–H groups in total. The molecule has 4 aliphatic carbocycles. The molecule has 32 heavy (non-hydrogen) atoms. The van der Waals surface area contributed by atoms with Crippen molar-refractivity contribution in [2.45, 2.75) is 77.7 Å². The Morgan fingerprint density at radius 3 is 2.62 bits per heavy atom. The predicted molar refractivity (Wildman–Crippen MR) is 125 cm³/mol. The molecule has 1 aromatic carbocycles. The standard InChI is InChI=1S/C27H36N2O3/c1-26-14-4-3-5-18(26)6-11-21-22(26)12-15-27(2)23-13-16-28(32-25(23)17-24(21)27)19-7-9-20(10-8-19)29(30)31/h7-10,13,18,21-22,24-25H,3-6,11-12,14-17H2,1-2H3/t18?,21-,22+,24+,25-,26+,27-/m1/s1. The van der Waals surface area contributed by atoms with E-state index in [0.29, 0.717) is 5.41 Å². The molecule has 1 aromatic rings. The Morgan fingerprint density at radius 2 is 1.84 bits per heavy atom. The van der Waals surface area contributed by atoms with E-state index in [2.05, 4.69) is 19.9 Å². The highest BCUT2D eigenvalue weighted by atomic mass is 16.7. The molecule has 0 radical (unpaired) electrons. The monoisotopic (exact) mass is 436 g/mol. The van der Waals surface area contributed by atoms with Crippen LogP contribution < -0.4 is 5.06 Å². The van der Waals surface area contributed by atoms with E-state index in [-0.39, 0.29) is 22.1 Å². The second kappa shape index (κ2) is 7.31. The Labute approximate surface area is 191 Å². The van der Waals surface area contributed by atoms with Gasteiger partial charge in [-0.2, -0.15) is 0 Å². The van der Waals surface area contributed by atoms with Crippen molar-refractivity contribution < 1.29 is 9.76 Å². The van der Waals surface area contributed by atoms with E-state index >= 15 is 0 Å². The summed E-state index contributed by atoms with van der Waals surface area (Å²) >= 11 is 0. The van der Waals surface area contributed by atoms with E-state index in [1.54, 1.807) is 12.1 Å². The zero-order valence-corrected chi connectivity index (χ0v) is 19.5. The van der Waals surface area contributed by atoms with Gasteiger partial charge in [-0.25, -0.2) is 5.06 Å². The van der Waals surface area contributed by atoms with E-state index in [0.717, 1.165) is 42.3 Å². The van der Waals surface area contributed by atoms with Crippen molar-refractivity contribution in [2.75, 3.05) is 11.6 Å². The van der Waals surface area contributed by atoms with Crippen molar-refractivity contribution >= 4 is 11.4 Å². The third-order valence-corrected chi connectivity index (χ3v) is 10.5. The van der Waals surface area contributed by atoms with Crippen LogP contribution in [0.1, 0.15) is 71.6 Å². The molecule has 172 valence electrons. The molecule has 5 aliphatic rings. The second-order valence-corrected chi connectivity index (χ2v) is 11.7. The van der Waals surface area contributed by atoms with Crippen LogP contribution in [0.5, 0.6) is 0 Å². The van der Waals surface area contributed by atoms with Crippen molar-refractivity contribution in [1.82, 2.24) is 0 Å². The van der Waals surface area contributed by atoms with E-state index in [1.165, 1.54) is 56.9 Å². The third-order valence-electron chi connectivity index (χ3n) is 10.5. The van der Waals surface area contributed by atoms with Gasteiger partial charge in [0.2, 0.25) is 0 Å². The summed E-state index contributed by atoms with van der Waals surface area (Å²) in [5, 5.41) is 12.9. The molecule has 0 spiro atoms. The number of anilines is 1. The second-order valence-electron chi connectivity index (χ2n) is 11.7. The summed E-state index contributed by atoms with van der Waals surface area (Å²) in [6.07, 6.45) is 15.0. The van der Waals surface area contributed by atoms with E-state index < -0.39 is 0 Å². The van der Waals surface area contributed by atoms with Gasteiger partial charge in [-0.3, -0.25) is 15.0 Å². The van der Waals surface area contributed by atoms with Crippen molar-refractivity contribution in [3.05, 3.63) is 46.0 Å². The molecule has 4 fully saturated rings. The average Bonchev–Trinajstić information content (AvgIpc) is 3.10. The van der Waals surface area contributed by atoms with Crippen LogP contribution in [0.4, 0.5) is 11.4 Å². The number of nitro groups is 1. The van der Waals surface area contributed by atoms with Crippen LogP contribution in [0.3, 0.4) is 0 Å². The van der Waals surface area contributed by atoms with Crippen molar-refractivity contribution in [2.24, 2.45) is 34.5 Å². The lowest BCUT2D eigenvalue weighted by Gasteiger charge is -2.60. The van der Waals surface area contributed by atoms with Crippen LogP contribution in [-0.2, 0) is 4.84 Å². The lowest BCUT2D eigenvalue weighted by Crippen LogP contribution is -2.52. The number of fused-ring (bicyclic) bond motifs is 7. The lowest BCUT2D eigenvalue weighted by molar-refractivity contribution is -0.384. The van der Waals surface area contributed by atoms with E-state index in [9.17, 15) is 10.1 Å². The Balaban J connectivity index is 1.24. The minimum absolute atomic E-state index is 0.124. The van der Waals surface area contributed by atoms with Gasteiger partial charge in [0.25, 0.3) is 5.69 Å². The SMILES string of the molecule is C[C@]12CCCCC1CC[C@@H]1[C@@H]2CC[C@]2(C)C3=CCN(c4ccc([N+](=O)[O-])cc4)O[C@@H]3C[C@@H]12. The summed E-state index contributed by atoms with van der Waals surface area (Å²) in [5.74, 6) is 3.43. The van der Waals surface area contributed by atoms with Crippen molar-refractivity contribution in [1.29, 1.82) is 0 Å². The molecule has 5 nitrogen and oxygen atoms in total. The molecule has 0 aromatic heterocycles. The fraction of sp³-hybridized carbons (Fsp3) is 0.704. The topological polar surface area (TPSA) is 55.6 Å². The number of rotatable bonds is 2. The summed E-state index contributed by atoms with van der Waals surface area (Å²) in [4.78, 5) is 17.2. The minimum Gasteiger partial charge on any atom is -0.265 e. The highest BCUT2D eigenvalue weighted by Crippen LogP contribution is 2.67. The molecule has 1 aliphatic heterocycles. The smallest absolute Gasteiger partial charge is 0.265 e. The highest BCUT2D eigenvalue weighted by molar-refractivity contribution is 5.50. The zero-order valence-electron chi connectivity index (χ0n) is 19.5. The first-order chi connectivity index (χ1) is 15.4. The fourth-order valence-corrected chi connectivity index (χ4v) is 8.88. The molecule has 0 bridgehead atoms. The molecule has 0 saturated heterocycles. The van der Waals surface area contributed by atoms with Crippen LogP contribution in [-0.4, -0.2) is 17.6 Å². The van der Waals surface area contributed by atoms with Crippen LogP contribution in [0.2, 0.25) is 0 Å². The van der Waals surface area contributed by atoms with Gasteiger partial charge < -0.3 is 0 Å². The average molecular weight is 437 g/mol. The predicted octanol–water partition coefficient (Wildman–Crippen LogP) is 6.68. The van der Waals surface area contributed by atoms with Crippen LogP contribution in [0, 0.1) is 44.6 Å². The fourth-order valence-electron chi connectivity index (χ4n) is 8.88. The van der Waals surface area contributed by atoms with Crippen LogP contribution >= 0.6 is 0 Å². The molecule has 4 saturated carbocycles. The number of hydrogen-bond donors (Lipinski definition) is 0. The van der Waals surface area contributed by atoms with Gasteiger partial charge in [-0.15, -0.1) is 0 Å². The van der Waals surface area contributed by atoms with E-state index in [1.807, 2.05) is 17.2 Å². The Bertz CT molecular complexity index is 943. The molecule has 0 amide bonds. The van der Waals surface area contributed by atoms with Gasteiger partial charge >= 0.3 is 0 Å². The van der Waals surface area contributed by atoms with E-state index in [4.69, 9.17) is 4.84 Å². The van der Waals surface area contributed by atoms with Gasteiger partial charge in [0, 0.05) is 12.1 Å². The summed E-state index contributed by atoms with van der Waals surface area (Å²) in [6, 6.07) is 6.76. The molecule has 7 atom stereocenters. The van der Waals surface area contributed by atoms with Crippen LogP contribution in [0.15, 0.2) is 35.9 Å². The maximum Gasteiger partial charge on any atom is 0.269 e. The number of hydrogen-bond acceptors (Lipinski definition) is 4. The maximum absolute atomic E-state index is 11.0. The quantitative estimate of drug-likeness (QED) is 0.295. The Kier molecular flexibility index (Phi) is 4.73. The maximum atomic E-state index is 11.0. The van der Waals surface area contributed by atoms with Gasteiger partial charge in [0.15, 0.2) is 0 Å². The van der Waals surface area contributed by atoms with Gasteiger partial charge in [0.1, 0.15) is 6.10 Å². The summed E-state index contributed by atoms with van der Waals surface area (Å²) < 4.78 is 0. The zero-order chi connectivity index (χ0) is 22.1. The van der Waals surface area contributed by atoms with Gasteiger partial charge in [-0.1, -0.05) is 32.8 Å². The lowest BCUT2D eigenvalue weighted by atomic mass is 9.45. The Hall–Kier alpha value is -1.88. The van der Waals surface area contributed by atoms with Gasteiger partial charge in [0.05, 0.1) is 17.2 Å². The normalized spacial score (nSPS) is 42.9. The highest BCUT2D eigenvalue weighted by Gasteiger charge is 2.61. The molecular formula is C27H36N2O3. The molecule has 1 unspecified atom stereocenters. The Morgan fingerprint density at radius 1 is 1.03 bits per heavy atom. The van der Waals surface area contributed by atoms with Gasteiger partial charge in [-0.05, 0) is 97.2 Å². The number of hydroxylamine groups is 1. The van der Waals surface area contributed by atoms with Crippen LogP contribution in [0.25, 0.3) is 0 Å². The first-order valence-corrected chi connectivity index (χ1v) is 12.8. The molecule has 6 rings (SSSR count). The first-order valence-electron chi connectivity index (χ1n) is 12.8. The summed E-state index contributed by atoms with van der Waals surface area (Å²) in [6.45, 7) is 5.89. The van der Waals surface area contributed by atoms with Crippen molar-refractivity contribution in [3.8, 4) is 0 Å². The summed E-state index contributed by atoms with van der Waals surface area (Å²) in [7, 11) is 0. The third kappa shape index (κ3) is 2.92. The number of nitro benzene ring substituents is 1. The largest absolute Gasteiger partial charge is 0.269 e. The molecule has 5 heteroatoms. The number of benzene rings is 1. The number of nitrogens with zero attached hydrogens (tertiary/aromatic N) is 2. The molecular weight excluding hydrogens is 400 g/mol.